The molecule has 144 valence electrons. The Hall–Kier alpha value is -1.69. The Kier molecular flexibility index (Phi) is 5.80. The summed E-state index contributed by atoms with van der Waals surface area (Å²) in [6, 6.07) is 0.500. The van der Waals surface area contributed by atoms with Gasteiger partial charge in [-0.3, -0.25) is 4.79 Å². The third-order valence-corrected chi connectivity index (χ3v) is 5.95. The number of carbonyl (C=O) groups excluding carboxylic acids is 1. The number of anilines is 1. The Morgan fingerprint density at radius 2 is 2.04 bits per heavy atom. The number of carbonyl (C=O) groups is 1. The lowest BCUT2D eigenvalue weighted by Gasteiger charge is -2.28. The Morgan fingerprint density at radius 1 is 1.27 bits per heavy atom. The van der Waals surface area contributed by atoms with Crippen LogP contribution in [0.15, 0.2) is 6.20 Å². The largest absolute Gasteiger partial charge is 0.378 e. The maximum absolute atomic E-state index is 12.9. The monoisotopic (exact) mass is 360 g/mol. The first-order valence-corrected chi connectivity index (χ1v) is 9.62. The maximum atomic E-state index is 12.9. The molecule has 1 aromatic heterocycles. The molecule has 1 amide bonds. The normalized spacial score (nSPS) is 27.5. The van der Waals surface area contributed by atoms with Crippen LogP contribution in [0.25, 0.3) is 0 Å². The van der Waals surface area contributed by atoms with Gasteiger partial charge in [0.15, 0.2) is 0 Å². The van der Waals surface area contributed by atoms with Crippen LogP contribution in [0.5, 0.6) is 0 Å². The van der Waals surface area contributed by atoms with E-state index in [-0.39, 0.29) is 19.3 Å². The van der Waals surface area contributed by atoms with Crippen molar-refractivity contribution in [2.45, 2.75) is 58.9 Å². The van der Waals surface area contributed by atoms with Crippen molar-refractivity contribution in [2.24, 2.45) is 11.8 Å². The van der Waals surface area contributed by atoms with E-state index in [1.165, 1.54) is 25.7 Å². The van der Waals surface area contributed by atoms with E-state index in [9.17, 15) is 4.79 Å². The van der Waals surface area contributed by atoms with E-state index in [4.69, 9.17) is 9.72 Å². The summed E-state index contributed by atoms with van der Waals surface area (Å²) in [5, 5.41) is 3.55. The average Bonchev–Trinajstić information content (AvgIpc) is 3.25. The van der Waals surface area contributed by atoms with Crippen LogP contribution in [0.2, 0.25) is 0 Å². The first kappa shape index (κ1) is 19.1. The third kappa shape index (κ3) is 3.70. The van der Waals surface area contributed by atoms with Crippen molar-refractivity contribution in [3.05, 3.63) is 17.5 Å². The summed E-state index contributed by atoms with van der Waals surface area (Å²) in [4.78, 5) is 23.9. The summed E-state index contributed by atoms with van der Waals surface area (Å²) in [7, 11) is 0. The zero-order valence-corrected chi connectivity index (χ0v) is 15.2. The first-order valence-electron chi connectivity index (χ1n) is 9.62. The fraction of sp³-hybridized carbons (Fsp3) is 0.750. The zero-order chi connectivity index (χ0) is 17.4. The number of rotatable bonds is 4. The van der Waals surface area contributed by atoms with Gasteiger partial charge < -0.3 is 15.0 Å². The van der Waals surface area contributed by atoms with Gasteiger partial charge in [-0.15, -0.1) is 0 Å². The number of morpholine rings is 1. The molecule has 3 atom stereocenters. The number of nitrogens with zero attached hydrogens (tertiary/aromatic N) is 3. The summed E-state index contributed by atoms with van der Waals surface area (Å²) in [5.41, 5.74) is 1.48. The van der Waals surface area contributed by atoms with Crippen molar-refractivity contribution < 1.29 is 9.53 Å². The SMILES string of the molecule is C.CC(C)c1nc(N[C@H]2C[C@@H]3CC[C@H]2C3)ncc1C(=O)N1CCOCC1. The van der Waals surface area contributed by atoms with Gasteiger partial charge in [-0.05, 0) is 37.0 Å². The van der Waals surface area contributed by atoms with E-state index < -0.39 is 0 Å². The molecule has 6 nitrogen and oxygen atoms in total. The highest BCUT2D eigenvalue weighted by atomic mass is 16.5. The number of hydrogen-bond acceptors (Lipinski definition) is 5. The van der Waals surface area contributed by atoms with Gasteiger partial charge in [-0.2, -0.15) is 0 Å². The van der Waals surface area contributed by atoms with E-state index in [1.807, 2.05) is 4.90 Å². The molecule has 0 spiro atoms. The van der Waals surface area contributed by atoms with Crippen LogP contribution in [-0.4, -0.2) is 53.1 Å². The molecule has 3 fully saturated rings. The minimum atomic E-state index is 0. The van der Waals surface area contributed by atoms with Crippen molar-refractivity contribution in [1.82, 2.24) is 14.9 Å². The predicted molar refractivity (Wildman–Crippen MR) is 102 cm³/mol. The number of fused-ring (bicyclic) bond motifs is 2. The van der Waals surface area contributed by atoms with Crippen LogP contribution in [0, 0.1) is 11.8 Å². The number of amides is 1. The van der Waals surface area contributed by atoms with Gasteiger partial charge >= 0.3 is 0 Å². The smallest absolute Gasteiger partial charge is 0.257 e. The van der Waals surface area contributed by atoms with Crippen LogP contribution < -0.4 is 5.32 Å². The van der Waals surface area contributed by atoms with Gasteiger partial charge in [0, 0.05) is 25.3 Å². The van der Waals surface area contributed by atoms with Gasteiger partial charge in [-0.1, -0.05) is 27.7 Å². The molecule has 2 heterocycles. The molecule has 0 unspecified atom stereocenters. The minimum Gasteiger partial charge on any atom is -0.378 e. The van der Waals surface area contributed by atoms with E-state index in [0.29, 0.717) is 43.9 Å². The Bertz CT molecular complexity index is 643. The fourth-order valence-electron chi connectivity index (χ4n) is 4.59. The molecule has 4 rings (SSSR count). The van der Waals surface area contributed by atoms with Crippen molar-refractivity contribution in [3.63, 3.8) is 0 Å². The Balaban J connectivity index is 0.00000196. The lowest BCUT2D eigenvalue weighted by Crippen LogP contribution is -2.41. The maximum Gasteiger partial charge on any atom is 0.257 e. The number of hydrogen-bond donors (Lipinski definition) is 1. The van der Waals surface area contributed by atoms with Crippen LogP contribution in [0.4, 0.5) is 5.95 Å². The first-order chi connectivity index (χ1) is 12.1. The molecule has 26 heavy (non-hydrogen) atoms. The van der Waals surface area contributed by atoms with Gasteiger partial charge in [0.1, 0.15) is 0 Å². The van der Waals surface area contributed by atoms with E-state index >= 15 is 0 Å². The number of aromatic nitrogens is 2. The molecule has 6 heteroatoms. The molecular weight excluding hydrogens is 328 g/mol. The fourth-order valence-corrected chi connectivity index (χ4v) is 4.59. The quantitative estimate of drug-likeness (QED) is 0.892. The van der Waals surface area contributed by atoms with Crippen LogP contribution >= 0.6 is 0 Å². The molecule has 2 aliphatic carbocycles. The standard InChI is InChI=1S/C19H28N4O2.CH4/c1-12(2)17-15(18(24)23-5-7-25-8-6-23)11-20-19(22-17)21-16-10-13-3-4-14(16)9-13;/h11-14,16H,3-10H2,1-2H3,(H,20,21,22);1H4/t13-,14+,16+;/m1./s1. The average molecular weight is 361 g/mol. The zero-order valence-electron chi connectivity index (χ0n) is 15.2. The van der Waals surface area contributed by atoms with Gasteiger partial charge in [-0.25, -0.2) is 9.97 Å². The second kappa shape index (κ2) is 7.91. The van der Waals surface area contributed by atoms with Gasteiger partial charge in [0.05, 0.1) is 24.5 Å². The molecule has 1 aromatic rings. The van der Waals surface area contributed by atoms with E-state index in [2.05, 4.69) is 24.1 Å². The second-order valence-corrected chi connectivity index (χ2v) is 7.98. The number of ether oxygens (including phenoxy) is 1. The minimum absolute atomic E-state index is 0. The van der Waals surface area contributed by atoms with Crippen LogP contribution in [0.1, 0.15) is 68.9 Å². The lowest BCUT2D eigenvalue weighted by atomic mass is 9.95. The predicted octanol–water partition coefficient (Wildman–Crippen LogP) is 3.31. The van der Waals surface area contributed by atoms with Gasteiger partial charge in [0.2, 0.25) is 5.95 Å². The summed E-state index contributed by atoms with van der Waals surface area (Å²) < 4.78 is 5.35. The van der Waals surface area contributed by atoms with Crippen LogP contribution in [0.3, 0.4) is 0 Å². The van der Waals surface area contributed by atoms with Crippen molar-refractivity contribution in [1.29, 1.82) is 0 Å². The van der Waals surface area contributed by atoms with E-state index in [0.717, 1.165) is 17.5 Å². The summed E-state index contributed by atoms with van der Waals surface area (Å²) >= 11 is 0. The number of nitrogens with one attached hydrogen (secondary N) is 1. The summed E-state index contributed by atoms with van der Waals surface area (Å²) in [5.74, 6) is 2.54. The molecule has 0 radical (unpaired) electrons. The molecule has 1 saturated heterocycles. The molecule has 2 bridgehead atoms. The second-order valence-electron chi connectivity index (χ2n) is 7.98. The van der Waals surface area contributed by atoms with Gasteiger partial charge in [0.25, 0.3) is 5.91 Å². The summed E-state index contributed by atoms with van der Waals surface area (Å²) in [6.07, 6.45) is 7.01. The molecule has 1 aliphatic heterocycles. The molecule has 3 aliphatic rings. The Morgan fingerprint density at radius 3 is 2.65 bits per heavy atom. The molecule has 1 N–H and O–H groups in total. The third-order valence-electron chi connectivity index (χ3n) is 5.95. The molecular formula is C20H32N4O2. The van der Waals surface area contributed by atoms with Crippen molar-refractivity contribution in [2.75, 3.05) is 31.6 Å². The molecule has 0 aromatic carbocycles. The highest BCUT2D eigenvalue weighted by molar-refractivity contribution is 5.95. The lowest BCUT2D eigenvalue weighted by molar-refractivity contribution is 0.0301. The topological polar surface area (TPSA) is 67.4 Å². The highest BCUT2D eigenvalue weighted by Gasteiger charge is 2.39. The van der Waals surface area contributed by atoms with Crippen molar-refractivity contribution >= 4 is 11.9 Å². The highest BCUT2D eigenvalue weighted by Crippen LogP contribution is 2.45. The van der Waals surface area contributed by atoms with Crippen molar-refractivity contribution in [3.8, 4) is 0 Å². The van der Waals surface area contributed by atoms with E-state index in [1.54, 1.807) is 6.20 Å². The Labute approximate surface area is 156 Å². The molecule has 2 saturated carbocycles. The summed E-state index contributed by atoms with van der Waals surface area (Å²) in [6.45, 7) is 6.66. The van der Waals surface area contributed by atoms with Crippen LogP contribution in [-0.2, 0) is 4.74 Å².